The fourth-order valence-corrected chi connectivity index (χ4v) is 4.93. The second kappa shape index (κ2) is 7.54. The Morgan fingerprint density at radius 3 is 2.59 bits per heavy atom. The van der Waals surface area contributed by atoms with Crippen LogP contribution in [-0.4, -0.2) is 57.5 Å². The molecule has 5 rings (SSSR count). The molecule has 0 N–H and O–H groups in total. The SMILES string of the molecule is O=C(C1Cn2ccnc2C2(CCN(Cc3ccc(F)cc3)CC2)O1)N1CCCC1. The van der Waals surface area contributed by atoms with E-state index in [0.29, 0.717) is 6.54 Å². The first kappa shape index (κ1) is 18.8. The average Bonchev–Trinajstić information content (AvgIpc) is 3.43. The van der Waals surface area contributed by atoms with Crippen LogP contribution < -0.4 is 0 Å². The summed E-state index contributed by atoms with van der Waals surface area (Å²) in [5, 5.41) is 0. The maximum atomic E-state index is 13.2. The van der Waals surface area contributed by atoms with Gasteiger partial charge in [-0.3, -0.25) is 9.69 Å². The number of carbonyl (C=O) groups excluding carboxylic acids is 1. The van der Waals surface area contributed by atoms with Gasteiger partial charge in [0.05, 0.1) is 6.54 Å². The Labute approximate surface area is 170 Å². The highest BCUT2D eigenvalue weighted by atomic mass is 19.1. The number of benzene rings is 1. The van der Waals surface area contributed by atoms with Gasteiger partial charge in [-0.2, -0.15) is 0 Å². The van der Waals surface area contributed by atoms with Crippen molar-refractivity contribution in [2.75, 3.05) is 26.2 Å². The van der Waals surface area contributed by atoms with Gasteiger partial charge in [0.2, 0.25) is 0 Å². The third-order valence-corrected chi connectivity index (χ3v) is 6.53. The van der Waals surface area contributed by atoms with E-state index in [1.54, 1.807) is 0 Å². The van der Waals surface area contributed by atoms with Crippen LogP contribution in [0.5, 0.6) is 0 Å². The molecule has 7 heteroatoms. The molecule has 0 bridgehead atoms. The summed E-state index contributed by atoms with van der Waals surface area (Å²) in [4.78, 5) is 21.9. The number of nitrogens with zero attached hydrogens (tertiary/aromatic N) is 4. The zero-order valence-corrected chi connectivity index (χ0v) is 16.6. The molecule has 3 aliphatic rings. The van der Waals surface area contributed by atoms with E-state index in [1.807, 2.05) is 29.4 Å². The van der Waals surface area contributed by atoms with E-state index in [2.05, 4.69) is 14.5 Å². The molecule has 1 aromatic heterocycles. The normalized spacial score (nSPS) is 24.0. The van der Waals surface area contributed by atoms with Crippen LogP contribution in [0.15, 0.2) is 36.7 Å². The van der Waals surface area contributed by atoms with Crippen LogP contribution in [-0.2, 0) is 28.2 Å². The molecule has 1 unspecified atom stereocenters. The molecule has 0 radical (unpaired) electrons. The van der Waals surface area contributed by atoms with Gasteiger partial charge in [0.15, 0.2) is 6.10 Å². The number of likely N-dealkylation sites (tertiary alicyclic amines) is 2. The topological polar surface area (TPSA) is 50.6 Å². The molecule has 0 saturated carbocycles. The Hall–Kier alpha value is -2.25. The summed E-state index contributed by atoms with van der Waals surface area (Å²) in [5.41, 5.74) is 0.608. The van der Waals surface area contributed by atoms with Gasteiger partial charge in [0.25, 0.3) is 5.91 Å². The first-order valence-electron chi connectivity index (χ1n) is 10.6. The van der Waals surface area contributed by atoms with Crippen LogP contribution >= 0.6 is 0 Å². The molecule has 3 aliphatic heterocycles. The minimum absolute atomic E-state index is 0.120. The van der Waals surface area contributed by atoms with Crippen LogP contribution in [0.25, 0.3) is 0 Å². The number of halogens is 1. The zero-order chi connectivity index (χ0) is 19.8. The molecule has 1 amide bonds. The Balaban J connectivity index is 1.30. The highest BCUT2D eigenvalue weighted by molar-refractivity contribution is 5.81. The van der Waals surface area contributed by atoms with Crippen molar-refractivity contribution in [3.63, 3.8) is 0 Å². The summed E-state index contributed by atoms with van der Waals surface area (Å²) >= 11 is 0. The van der Waals surface area contributed by atoms with E-state index in [9.17, 15) is 9.18 Å². The second-order valence-corrected chi connectivity index (χ2v) is 8.44. The fourth-order valence-electron chi connectivity index (χ4n) is 4.93. The number of fused-ring (bicyclic) bond motifs is 2. The number of rotatable bonds is 3. The Morgan fingerprint density at radius 1 is 1.14 bits per heavy atom. The number of hydrogen-bond donors (Lipinski definition) is 0. The molecule has 6 nitrogen and oxygen atoms in total. The Kier molecular flexibility index (Phi) is 4.87. The Bertz CT molecular complexity index is 867. The highest BCUT2D eigenvalue weighted by Gasteiger charge is 2.47. The van der Waals surface area contributed by atoms with Crippen LogP contribution in [0, 0.1) is 5.82 Å². The Morgan fingerprint density at radius 2 is 1.86 bits per heavy atom. The lowest BCUT2D eigenvalue weighted by molar-refractivity contribution is -0.180. The van der Waals surface area contributed by atoms with Crippen molar-refractivity contribution < 1.29 is 13.9 Å². The largest absolute Gasteiger partial charge is 0.352 e. The minimum Gasteiger partial charge on any atom is -0.352 e. The van der Waals surface area contributed by atoms with Gasteiger partial charge < -0.3 is 14.2 Å². The van der Waals surface area contributed by atoms with Crippen molar-refractivity contribution in [3.8, 4) is 0 Å². The summed E-state index contributed by atoms with van der Waals surface area (Å²) in [7, 11) is 0. The third kappa shape index (κ3) is 3.57. The molecule has 2 saturated heterocycles. The molecule has 1 atom stereocenters. The lowest BCUT2D eigenvalue weighted by Crippen LogP contribution is -2.54. The van der Waals surface area contributed by atoms with E-state index in [4.69, 9.17) is 4.74 Å². The summed E-state index contributed by atoms with van der Waals surface area (Å²) in [5.74, 6) is 0.863. The summed E-state index contributed by atoms with van der Waals surface area (Å²) < 4.78 is 21.8. The number of piperidine rings is 1. The standard InChI is InChI=1S/C22H27FN4O2/c23-18-5-3-17(4-6-18)15-25-12-7-22(8-13-25)21-24-9-14-27(21)16-19(29-22)20(28)26-10-1-2-11-26/h3-6,9,14,19H,1-2,7-8,10-13,15-16H2. The van der Waals surface area contributed by atoms with Gasteiger partial charge in [-0.1, -0.05) is 12.1 Å². The predicted molar refractivity (Wildman–Crippen MR) is 106 cm³/mol. The average molecular weight is 398 g/mol. The van der Waals surface area contributed by atoms with Crippen LogP contribution in [0.1, 0.15) is 37.1 Å². The van der Waals surface area contributed by atoms with Crippen molar-refractivity contribution in [1.29, 1.82) is 0 Å². The number of hydrogen-bond acceptors (Lipinski definition) is 4. The molecule has 1 spiro atoms. The van der Waals surface area contributed by atoms with Gasteiger partial charge in [0, 0.05) is 45.1 Å². The molecule has 2 fully saturated rings. The number of amides is 1. The molecule has 4 heterocycles. The van der Waals surface area contributed by atoms with Gasteiger partial charge in [-0.15, -0.1) is 0 Å². The molecular weight excluding hydrogens is 371 g/mol. The highest BCUT2D eigenvalue weighted by Crippen LogP contribution is 2.40. The van der Waals surface area contributed by atoms with Gasteiger partial charge in [-0.05, 0) is 43.4 Å². The molecule has 2 aromatic rings. The van der Waals surface area contributed by atoms with E-state index in [0.717, 1.165) is 69.8 Å². The van der Waals surface area contributed by atoms with Gasteiger partial charge in [-0.25, -0.2) is 9.37 Å². The monoisotopic (exact) mass is 398 g/mol. The van der Waals surface area contributed by atoms with Crippen LogP contribution in [0.3, 0.4) is 0 Å². The maximum Gasteiger partial charge on any atom is 0.253 e. The summed E-state index contributed by atoms with van der Waals surface area (Å²) in [6.45, 7) is 4.73. The van der Waals surface area contributed by atoms with Crippen LogP contribution in [0.4, 0.5) is 4.39 Å². The number of ether oxygens (including phenoxy) is 1. The first-order chi connectivity index (χ1) is 14.1. The second-order valence-electron chi connectivity index (χ2n) is 8.44. The maximum absolute atomic E-state index is 13.2. The molecule has 154 valence electrons. The first-order valence-corrected chi connectivity index (χ1v) is 10.6. The zero-order valence-electron chi connectivity index (χ0n) is 16.6. The van der Waals surface area contributed by atoms with Crippen molar-refractivity contribution in [3.05, 3.63) is 53.9 Å². The molecule has 1 aromatic carbocycles. The van der Waals surface area contributed by atoms with E-state index >= 15 is 0 Å². The fraction of sp³-hybridized carbons (Fsp3) is 0.545. The number of aromatic nitrogens is 2. The third-order valence-electron chi connectivity index (χ3n) is 6.53. The smallest absolute Gasteiger partial charge is 0.253 e. The van der Waals surface area contributed by atoms with Crippen molar-refractivity contribution in [2.45, 2.75) is 50.5 Å². The van der Waals surface area contributed by atoms with Gasteiger partial charge in [0.1, 0.15) is 17.2 Å². The molecular formula is C22H27FN4O2. The van der Waals surface area contributed by atoms with Crippen molar-refractivity contribution in [2.24, 2.45) is 0 Å². The number of imidazole rings is 1. The molecule has 29 heavy (non-hydrogen) atoms. The van der Waals surface area contributed by atoms with Crippen LogP contribution in [0.2, 0.25) is 0 Å². The quantitative estimate of drug-likeness (QED) is 0.797. The van der Waals surface area contributed by atoms with Crippen molar-refractivity contribution in [1.82, 2.24) is 19.4 Å². The lowest BCUT2D eigenvalue weighted by Gasteiger charge is -2.46. The van der Waals surface area contributed by atoms with Crippen molar-refractivity contribution >= 4 is 5.91 Å². The number of carbonyl (C=O) groups is 1. The van der Waals surface area contributed by atoms with E-state index in [-0.39, 0.29) is 11.7 Å². The molecule has 0 aliphatic carbocycles. The van der Waals surface area contributed by atoms with Gasteiger partial charge >= 0.3 is 0 Å². The lowest BCUT2D eigenvalue weighted by atomic mass is 9.88. The minimum atomic E-state index is -0.499. The van der Waals surface area contributed by atoms with E-state index < -0.39 is 11.7 Å². The predicted octanol–water partition coefficient (Wildman–Crippen LogP) is 2.53. The summed E-state index contributed by atoms with van der Waals surface area (Å²) in [6, 6.07) is 6.70. The van der Waals surface area contributed by atoms with E-state index in [1.165, 1.54) is 12.1 Å². The summed E-state index contributed by atoms with van der Waals surface area (Å²) in [6.07, 6.45) is 7.11.